The monoisotopic (exact) mass is 396 g/mol. The number of nitrogen functional groups attached to an aromatic ring is 1. The van der Waals surface area contributed by atoms with Crippen molar-refractivity contribution in [1.29, 1.82) is 0 Å². The number of rotatable bonds is 5. The maximum Gasteiger partial charge on any atom is 0.180 e. The van der Waals surface area contributed by atoms with E-state index < -0.39 is 0 Å². The lowest BCUT2D eigenvalue weighted by Crippen LogP contribution is -2.17. The molecule has 150 valence electrons. The zero-order chi connectivity index (χ0) is 20.7. The molecule has 0 spiro atoms. The summed E-state index contributed by atoms with van der Waals surface area (Å²) in [6.45, 7) is 3.72. The average molecular weight is 396 g/mol. The smallest absolute Gasteiger partial charge is 0.180 e. The van der Waals surface area contributed by atoms with E-state index in [9.17, 15) is 0 Å². The molecule has 4 N–H and O–H groups in total. The van der Waals surface area contributed by atoms with Gasteiger partial charge in [-0.3, -0.25) is 4.90 Å². The predicted molar refractivity (Wildman–Crippen MR) is 122 cm³/mol. The van der Waals surface area contributed by atoms with Crippen molar-refractivity contribution in [1.82, 2.24) is 24.8 Å². The van der Waals surface area contributed by atoms with Crippen LogP contribution < -0.4 is 5.73 Å². The van der Waals surface area contributed by atoms with Crippen molar-refractivity contribution in [3.05, 3.63) is 77.6 Å². The molecule has 2 aromatic carbocycles. The first-order valence-electron chi connectivity index (χ1n) is 10.0. The summed E-state index contributed by atoms with van der Waals surface area (Å²) in [6, 6.07) is 21.2. The molecule has 3 aromatic heterocycles. The number of pyridine rings is 1. The Morgan fingerprint density at radius 2 is 1.70 bits per heavy atom. The van der Waals surface area contributed by atoms with Crippen LogP contribution in [0.5, 0.6) is 0 Å². The van der Waals surface area contributed by atoms with E-state index in [2.05, 4.69) is 86.5 Å². The summed E-state index contributed by atoms with van der Waals surface area (Å²) in [4.78, 5) is 17.9. The van der Waals surface area contributed by atoms with Crippen molar-refractivity contribution in [2.45, 2.75) is 20.0 Å². The fourth-order valence-electron chi connectivity index (χ4n) is 4.02. The standard InChI is InChI=1S/C24H24N6/c1-15-26-23-19(12-22(25)29-24(23)27-15)21-11-18-9-8-17(10-20(18)28-21)14-30(2)13-16-6-4-3-5-7-16/h3-12,28H,13-14H2,1-2H3,(H3,25,26,27,29). The van der Waals surface area contributed by atoms with Crippen LogP contribution in [0, 0.1) is 6.92 Å². The van der Waals surface area contributed by atoms with Crippen LogP contribution in [0.3, 0.4) is 0 Å². The zero-order valence-corrected chi connectivity index (χ0v) is 17.1. The Kier molecular flexibility index (Phi) is 4.48. The van der Waals surface area contributed by atoms with Gasteiger partial charge in [-0.05, 0) is 43.3 Å². The molecule has 0 fully saturated rings. The van der Waals surface area contributed by atoms with Crippen LogP contribution >= 0.6 is 0 Å². The zero-order valence-electron chi connectivity index (χ0n) is 17.1. The van der Waals surface area contributed by atoms with E-state index in [-0.39, 0.29) is 0 Å². The van der Waals surface area contributed by atoms with Crippen LogP contribution in [0.4, 0.5) is 5.82 Å². The minimum atomic E-state index is 0.464. The van der Waals surface area contributed by atoms with Crippen molar-refractivity contribution < 1.29 is 0 Å². The molecule has 0 atom stereocenters. The van der Waals surface area contributed by atoms with Gasteiger partial charge >= 0.3 is 0 Å². The molecule has 3 heterocycles. The van der Waals surface area contributed by atoms with Crippen molar-refractivity contribution >= 4 is 27.9 Å². The number of nitrogens with two attached hydrogens (primary N) is 1. The molecule has 0 aliphatic rings. The number of imidazole rings is 1. The highest BCUT2D eigenvalue weighted by atomic mass is 15.1. The van der Waals surface area contributed by atoms with Crippen LogP contribution in [0.15, 0.2) is 60.7 Å². The van der Waals surface area contributed by atoms with Gasteiger partial charge in [-0.1, -0.05) is 42.5 Å². The molecular weight excluding hydrogens is 372 g/mol. The number of fused-ring (bicyclic) bond motifs is 2. The summed E-state index contributed by atoms with van der Waals surface area (Å²) in [5, 5.41) is 1.17. The number of H-pyrrole nitrogens is 2. The van der Waals surface area contributed by atoms with Gasteiger partial charge in [-0.25, -0.2) is 9.97 Å². The number of hydrogen-bond donors (Lipinski definition) is 3. The molecule has 0 amide bonds. The van der Waals surface area contributed by atoms with Crippen molar-refractivity contribution in [3.63, 3.8) is 0 Å². The number of aromatic nitrogens is 4. The molecule has 0 aliphatic heterocycles. The van der Waals surface area contributed by atoms with Crippen LogP contribution in [-0.2, 0) is 13.1 Å². The average Bonchev–Trinajstić information content (AvgIpc) is 3.30. The Labute approximate surface area is 174 Å². The lowest BCUT2D eigenvalue weighted by molar-refractivity contribution is 0.319. The first-order chi connectivity index (χ1) is 14.5. The van der Waals surface area contributed by atoms with E-state index >= 15 is 0 Å². The molecule has 6 heteroatoms. The van der Waals surface area contributed by atoms with Gasteiger partial charge in [0.1, 0.15) is 11.6 Å². The van der Waals surface area contributed by atoms with E-state index in [4.69, 9.17) is 5.73 Å². The third-order valence-corrected chi connectivity index (χ3v) is 5.32. The van der Waals surface area contributed by atoms with Crippen molar-refractivity contribution in [2.75, 3.05) is 12.8 Å². The van der Waals surface area contributed by atoms with Gasteiger partial charge in [-0.2, -0.15) is 0 Å². The van der Waals surface area contributed by atoms with Gasteiger partial charge in [0.15, 0.2) is 5.65 Å². The summed E-state index contributed by atoms with van der Waals surface area (Å²) < 4.78 is 0. The summed E-state index contributed by atoms with van der Waals surface area (Å²) in [6.07, 6.45) is 0. The van der Waals surface area contributed by atoms with Gasteiger partial charge in [0, 0.05) is 35.2 Å². The molecule has 5 rings (SSSR count). The minimum Gasteiger partial charge on any atom is -0.384 e. The number of anilines is 1. The second-order valence-electron chi connectivity index (χ2n) is 7.88. The molecule has 6 nitrogen and oxygen atoms in total. The first kappa shape index (κ1) is 18.4. The SMILES string of the molecule is Cc1nc2nc(N)cc(-c3cc4ccc(CN(C)Cc5ccccc5)cc4[nH]3)c2[nH]1. The highest BCUT2D eigenvalue weighted by Crippen LogP contribution is 2.30. The second-order valence-corrected chi connectivity index (χ2v) is 7.88. The fraction of sp³-hybridized carbons (Fsp3) is 0.167. The molecular formula is C24H24N6. The highest BCUT2D eigenvalue weighted by Gasteiger charge is 2.13. The van der Waals surface area contributed by atoms with E-state index in [1.165, 1.54) is 16.5 Å². The van der Waals surface area contributed by atoms with Gasteiger partial charge in [0.05, 0.1) is 5.52 Å². The third-order valence-electron chi connectivity index (χ3n) is 5.32. The Hall–Kier alpha value is -3.64. The number of aromatic amines is 2. The fourth-order valence-corrected chi connectivity index (χ4v) is 4.02. The topological polar surface area (TPSA) is 86.6 Å². The molecule has 0 aliphatic carbocycles. The van der Waals surface area contributed by atoms with Crippen LogP contribution in [-0.4, -0.2) is 31.9 Å². The number of hydrogen-bond acceptors (Lipinski definition) is 4. The molecule has 0 radical (unpaired) electrons. The Morgan fingerprint density at radius 1 is 0.900 bits per heavy atom. The van der Waals surface area contributed by atoms with E-state index in [1.807, 2.05) is 13.0 Å². The van der Waals surface area contributed by atoms with Crippen LogP contribution in [0.25, 0.3) is 33.3 Å². The van der Waals surface area contributed by atoms with Gasteiger partial charge in [-0.15, -0.1) is 0 Å². The minimum absolute atomic E-state index is 0.464. The van der Waals surface area contributed by atoms with Crippen LogP contribution in [0.1, 0.15) is 17.0 Å². The summed E-state index contributed by atoms with van der Waals surface area (Å²) in [5.41, 5.74) is 13.2. The van der Waals surface area contributed by atoms with Gasteiger partial charge in [0.2, 0.25) is 0 Å². The molecule has 0 saturated heterocycles. The molecule has 0 saturated carbocycles. The lowest BCUT2D eigenvalue weighted by Gasteiger charge is -2.16. The predicted octanol–water partition coefficient (Wildman–Crippen LogP) is 4.63. The second kappa shape index (κ2) is 7.31. The maximum atomic E-state index is 6.02. The number of nitrogens with one attached hydrogen (secondary N) is 2. The quantitative estimate of drug-likeness (QED) is 0.404. The van der Waals surface area contributed by atoms with E-state index in [1.54, 1.807) is 0 Å². The maximum absolute atomic E-state index is 6.02. The third kappa shape index (κ3) is 3.53. The molecule has 0 bridgehead atoms. The van der Waals surface area contributed by atoms with E-state index in [0.717, 1.165) is 41.2 Å². The Bertz CT molecular complexity index is 1330. The Morgan fingerprint density at radius 3 is 2.53 bits per heavy atom. The lowest BCUT2D eigenvalue weighted by atomic mass is 10.1. The first-order valence-corrected chi connectivity index (χ1v) is 10.0. The molecule has 30 heavy (non-hydrogen) atoms. The van der Waals surface area contributed by atoms with Gasteiger partial charge < -0.3 is 15.7 Å². The molecule has 0 unspecified atom stereocenters. The number of benzene rings is 2. The number of aryl methyl sites for hydroxylation is 1. The van der Waals surface area contributed by atoms with Crippen molar-refractivity contribution in [2.24, 2.45) is 0 Å². The van der Waals surface area contributed by atoms with Crippen molar-refractivity contribution in [3.8, 4) is 11.3 Å². The normalized spacial score (nSPS) is 11.7. The van der Waals surface area contributed by atoms with Gasteiger partial charge in [0.25, 0.3) is 0 Å². The largest absolute Gasteiger partial charge is 0.384 e. The highest BCUT2D eigenvalue weighted by molar-refractivity contribution is 5.95. The summed E-state index contributed by atoms with van der Waals surface area (Å²) in [5.74, 6) is 1.29. The van der Waals surface area contributed by atoms with Crippen LogP contribution in [0.2, 0.25) is 0 Å². The Balaban J connectivity index is 1.45. The number of nitrogens with zero attached hydrogens (tertiary/aromatic N) is 3. The summed E-state index contributed by atoms with van der Waals surface area (Å²) in [7, 11) is 2.15. The van der Waals surface area contributed by atoms with E-state index in [0.29, 0.717) is 11.5 Å². The summed E-state index contributed by atoms with van der Waals surface area (Å²) >= 11 is 0. The molecule has 5 aromatic rings.